The van der Waals surface area contributed by atoms with Gasteiger partial charge in [-0.25, -0.2) is 9.07 Å². The standard InChI is InChI=1S/C24H27FN4O2/c1-18-6-3-4-7-22(18)29-16-20(15-27-10-5-11-28(17-30)13-12-27)24(26-29)19-8-9-23(31-2)21(25)14-19/h3-4,6-9,14,16-17H,5,10-13,15H2,1-2H3. The van der Waals surface area contributed by atoms with Crippen LogP contribution < -0.4 is 4.74 Å². The Kier molecular flexibility index (Phi) is 6.32. The Labute approximate surface area is 181 Å². The molecule has 4 rings (SSSR count). The molecule has 1 aliphatic rings. The summed E-state index contributed by atoms with van der Waals surface area (Å²) in [5.41, 5.74) is 4.59. The summed E-state index contributed by atoms with van der Waals surface area (Å²) >= 11 is 0. The molecule has 3 aromatic rings. The predicted molar refractivity (Wildman–Crippen MR) is 118 cm³/mol. The SMILES string of the molecule is COc1ccc(-c2nn(-c3ccccc3C)cc2CN2CCCN(C=O)CC2)cc1F. The summed E-state index contributed by atoms with van der Waals surface area (Å²) in [6, 6.07) is 13.0. The third-order valence-corrected chi connectivity index (χ3v) is 5.74. The Balaban J connectivity index is 1.71. The van der Waals surface area contributed by atoms with E-state index in [0.717, 1.165) is 55.0 Å². The number of amides is 1. The lowest BCUT2D eigenvalue weighted by Gasteiger charge is -2.20. The first kappa shape index (κ1) is 21.1. The van der Waals surface area contributed by atoms with Gasteiger partial charge in [0, 0.05) is 50.0 Å². The van der Waals surface area contributed by atoms with Gasteiger partial charge in [0.05, 0.1) is 18.5 Å². The van der Waals surface area contributed by atoms with E-state index in [2.05, 4.69) is 4.90 Å². The normalized spacial score (nSPS) is 15.0. The zero-order valence-corrected chi connectivity index (χ0v) is 17.9. The highest BCUT2D eigenvalue weighted by Crippen LogP contribution is 2.29. The quantitative estimate of drug-likeness (QED) is 0.569. The molecule has 31 heavy (non-hydrogen) atoms. The van der Waals surface area contributed by atoms with Gasteiger partial charge in [-0.15, -0.1) is 0 Å². The summed E-state index contributed by atoms with van der Waals surface area (Å²) in [5.74, 6) is -0.196. The lowest BCUT2D eigenvalue weighted by molar-refractivity contribution is -0.118. The van der Waals surface area contributed by atoms with Crippen molar-refractivity contribution in [2.24, 2.45) is 0 Å². The lowest BCUT2D eigenvalue weighted by atomic mass is 10.1. The summed E-state index contributed by atoms with van der Waals surface area (Å²) in [6.07, 6.45) is 3.88. The van der Waals surface area contributed by atoms with Gasteiger partial charge in [0.2, 0.25) is 6.41 Å². The van der Waals surface area contributed by atoms with E-state index in [1.54, 1.807) is 6.07 Å². The fourth-order valence-electron chi connectivity index (χ4n) is 4.02. The molecule has 2 aromatic carbocycles. The molecular formula is C24H27FN4O2. The van der Waals surface area contributed by atoms with Crippen LogP contribution in [0.25, 0.3) is 16.9 Å². The van der Waals surface area contributed by atoms with E-state index in [4.69, 9.17) is 9.84 Å². The van der Waals surface area contributed by atoms with Gasteiger partial charge in [0.15, 0.2) is 11.6 Å². The Bertz CT molecular complexity index is 1070. The van der Waals surface area contributed by atoms with E-state index in [9.17, 15) is 9.18 Å². The maximum absolute atomic E-state index is 14.4. The molecule has 0 N–H and O–H groups in total. The molecule has 0 spiro atoms. The van der Waals surface area contributed by atoms with Crippen LogP contribution in [-0.4, -0.2) is 59.3 Å². The summed E-state index contributed by atoms with van der Waals surface area (Å²) < 4.78 is 21.4. The van der Waals surface area contributed by atoms with Crippen LogP contribution in [0.4, 0.5) is 4.39 Å². The number of hydrogen-bond acceptors (Lipinski definition) is 4. The second kappa shape index (κ2) is 9.31. The largest absolute Gasteiger partial charge is 0.494 e. The van der Waals surface area contributed by atoms with E-state index in [1.807, 2.05) is 53.0 Å². The molecule has 1 saturated heterocycles. The number of methoxy groups -OCH3 is 1. The molecule has 1 fully saturated rings. The van der Waals surface area contributed by atoms with Crippen molar-refractivity contribution in [2.75, 3.05) is 33.3 Å². The van der Waals surface area contributed by atoms with Crippen molar-refractivity contribution in [1.82, 2.24) is 19.6 Å². The number of rotatable bonds is 6. The van der Waals surface area contributed by atoms with Crippen LogP contribution in [0.15, 0.2) is 48.7 Å². The van der Waals surface area contributed by atoms with E-state index in [1.165, 1.54) is 13.2 Å². The first-order valence-electron chi connectivity index (χ1n) is 10.5. The number of carbonyl (C=O) groups excluding carboxylic acids is 1. The number of carbonyl (C=O) groups is 1. The number of hydrogen-bond donors (Lipinski definition) is 0. The van der Waals surface area contributed by atoms with Crippen LogP contribution in [0.2, 0.25) is 0 Å². The van der Waals surface area contributed by atoms with Crippen LogP contribution in [0.3, 0.4) is 0 Å². The molecule has 7 heteroatoms. The smallest absolute Gasteiger partial charge is 0.209 e. The topological polar surface area (TPSA) is 50.6 Å². The maximum Gasteiger partial charge on any atom is 0.209 e. The van der Waals surface area contributed by atoms with Gasteiger partial charge >= 0.3 is 0 Å². The van der Waals surface area contributed by atoms with Crippen LogP contribution in [0.5, 0.6) is 5.75 Å². The van der Waals surface area contributed by atoms with Gasteiger partial charge in [-0.3, -0.25) is 9.69 Å². The highest BCUT2D eigenvalue weighted by atomic mass is 19.1. The third-order valence-electron chi connectivity index (χ3n) is 5.74. The minimum atomic E-state index is -0.409. The van der Waals surface area contributed by atoms with Crippen molar-refractivity contribution in [2.45, 2.75) is 19.9 Å². The average molecular weight is 423 g/mol. The van der Waals surface area contributed by atoms with Gasteiger partial charge in [0.25, 0.3) is 0 Å². The van der Waals surface area contributed by atoms with Crippen molar-refractivity contribution < 1.29 is 13.9 Å². The number of halogens is 1. The number of aromatic nitrogens is 2. The molecule has 162 valence electrons. The zero-order chi connectivity index (χ0) is 21.8. The number of nitrogens with zero attached hydrogens (tertiary/aromatic N) is 4. The van der Waals surface area contributed by atoms with Gasteiger partial charge in [-0.05, 0) is 43.2 Å². The minimum absolute atomic E-state index is 0.213. The first-order valence-corrected chi connectivity index (χ1v) is 10.5. The van der Waals surface area contributed by atoms with Crippen LogP contribution in [0.1, 0.15) is 17.5 Å². The number of aryl methyl sites for hydroxylation is 1. The molecule has 1 amide bonds. The molecule has 1 aromatic heterocycles. The molecule has 6 nitrogen and oxygen atoms in total. The van der Waals surface area contributed by atoms with Crippen molar-refractivity contribution in [3.63, 3.8) is 0 Å². The molecule has 0 saturated carbocycles. The van der Waals surface area contributed by atoms with Crippen molar-refractivity contribution in [3.05, 3.63) is 65.6 Å². The summed E-state index contributed by atoms with van der Waals surface area (Å²) in [5, 5.41) is 4.84. The number of benzene rings is 2. The molecule has 0 bridgehead atoms. The maximum atomic E-state index is 14.4. The highest BCUT2D eigenvalue weighted by Gasteiger charge is 2.19. The predicted octanol–water partition coefficient (Wildman–Crippen LogP) is 3.66. The first-order chi connectivity index (χ1) is 15.1. The number of ether oxygens (including phenoxy) is 1. The average Bonchev–Trinajstić information content (AvgIpc) is 3.05. The van der Waals surface area contributed by atoms with E-state index in [0.29, 0.717) is 18.7 Å². The molecule has 1 aliphatic heterocycles. The molecule has 0 atom stereocenters. The second-order valence-corrected chi connectivity index (χ2v) is 7.85. The fraction of sp³-hybridized carbons (Fsp3) is 0.333. The van der Waals surface area contributed by atoms with Crippen LogP contribution >= 0.6 is 0 Å². The van der Waals surface area contributed by atoms with Crippen LogP contribution in [0, 0.1) is 12.7 Å². The summed E-state index contributed by atoms with van der Waals surface area (Å²) in [6.45, 7) is 5.91. The van der Waals surface area contributed by atoms with Gasteiger partial charge in [0.1, 0.15) is 0 Å². The molecule has 2 heterocycles. The van der Waals surface area contributed by atoms with Crippen molar-refractivity contribution >= 4 is 6.41 Å². The van der Waals surface area contributed by atoms with Crippen LogP contribution in [-0.2, 0) is 11.3 Å². The summed E-state index contributed by atoms with van der Waals surface area (Å²) in [4.78, 5) is 15.3. The van der Waals surface area contributed by atoms with E-state index < -0.39 is 5.82 Å². The Morgan fingerprint density at radius 3 is 2.71 bits per heavy atom. The molecular weight excluding hydrogens is 395 g/mol. The Morgan fingerprint density at radius 2 is 1.97 bits per heavy atom. The van der Waals surface area contributed by atoms with Gasteiger partial charge < -0.3 is 9.64 Å². The lowest BCUT2D eigenvalue weighted by Crippen LogP contribution is -2.29. The Morgan fingerprint density at radius 1 is 1.13 bits per heavy atom. The second-order valence-electron chi connectivity index (χ2n) is 7.85. The van der Waals surface area contributed by atoms with E-state index >= 15 is 0 Å². The van der Waals surface area contributed by atoms with Crippen molar-refractivity contribution in [1.29, 1.82) is 0 Å². The van der Waals surface area contributed by atoms with Gasteiger partial charge in [-0.1, -0.05) is 18.2 Å². The highest BCUT2D eigenvalue weighted by molar-refractivity contribution is 5.64. The van der Waals surface area contributed by atoms with Crippen molar-refractivity contribution in [3.8, 4) is 22.7 Å². The minimum Gasteiger partial charge on any atom is -0.494 e. The Hall–Kier alpha value is -3.19. The monoisotopic (exact) mass is 422 g/mol. The zero-order valence-electron chi connectivity index (χ0n) is 17.9. The third kappa shape index (κ3) is 4.61. The van der Waals surface area contributed by atoms with Gasteiger partial charge in [-0.2, -0.15) is 5.10 Å². The molecule has 0 unspecified atom stereocenters. The fourth-order valence-corrected chi connectivity index (χ4v) is 4.02. The van der Waals surface area contributed by atoms with E-state index in [-0.39, 0.29) is 5.75 Å². The molecule has 0 radical (unpaired) electrons. The number of para-hydroxylation sites is 1. The molecule has 0 aliphatic carbocycles. The summed E-state index contributed by atoms with van der Waals surface area (Å²) in [7, 11) is 1.46.